The maximum Gasteiger partial charge on any atom is 0.244 e. The molecule has 0 saturated heterocycles. The monoisotopic (exact) mass is 423 g/mol. The second kappa shape index (κ2) is 9.23. The average molecular weight is 424 g/mol. The van der Waals surface area contributed by atoms with Gasteiger partial charge in [-0.3, -0.25) is 4.79 Å². The zero-order valence-corrected chi connectivity index (χ0v) is 18.9. The van der Waals surface area contributed by atoms with Gasteiger partial charge in [-0.05, 0) is 28.2 Å². The number of nitrogens with one attached hydrogen (secondary N) is 1. The van der Waals surface area contributed by atoms with Crippen LogP contribution in [0.1, 0.15) is 43.0 Å². The molecule has 1 amide bonds. The van der Waals surface area contributed by atoms with Crippen molar-refractivity contribution in [3.8, 4) is 0 Å². The molecule has 4 rings (SSSR count). The Kier molecular flexibility index (Phi) is 6.22. The highest BCUT2D eigenvalue weighted by Crippen LogP contribution is 2.23. The van der Waals surface area contributed by atoms with E-state index in [-0.39, 0.29) is 11.3 Å². The number of rotatable bonds is 6. The van der Waals surface area contributed by atoms with Crippen LogP contribution in [0.5, 0.6) is 0 Å². The number of carbonyl (C=O) groups is 1. The van der Waals surface area contributed by atoms with Gasteiger partial charge in [0.1, 0.15) is 0 Å². The van der Waals surface area contributed by atoms with Crippen molar-refractivity contribution in [3.05, 3.63) is 107 Å². The number of fused-ring (bicyclic) bond motifs is 1. The van der Waals surface area contributed by atoms with Gasteiger partial charge < -0.3 is 4.57 Å². The lowest BCUT2D eigenvalue weighted by Gasteiger charge is -2.19. The molecule has 4 heteroatoms. The van der Waals surface area contributed by atoms with Crippen LogP contribution in [-0.2, 0) is 23.2 Å². The summed E-state index contributed by atoms with van der Waals surface area (Å²) in [5, 5.41) is 5.34. The number of nitrogens with zero attached hydrogens (tertiary/aromatic N) is 2. The molecule has 0 aliphatic rings. The largest absolute Gasteiger partial charge is 0.342 e. The van der Waals surface area contributed by atoms with E-state index >= 15 is 0 Å². The topological polar surface area (TPSA) is 46.4 Å². The lowest BCUT2D eigenvalue weighted by molar-refractivity contribution is -0.120. The first-order valence-electron chi connectivity index (χ1n) is 10.9. The second-order valence-electron chi connectivity index (χ2n) is 9.13. The van der Waals surface area contributed by atoms with E-state index in [4.69, 9.17) is 0 Å². The Labute approximate surface area is 189 Å². The third-order valence-electron chi connectivity index (χ3n) is 5.59. The van der Waals surface area contributed by atoms with Crippen LogP contribution in [0.4, 0.5) is 0 Å². The summed E-state index contributed by atoms with van der Waals surface area (Å²) in [4.78, 5) is 12.4. The average Bonchev–Trinajstić information content (AvgIpc) is 3.12. The molecule has 0 aliphatic heterocycles. The summed E-state index contributed by atoms with van der Waals surface area (Å²) in [5.74, 6) is -0.127. The third-order valence-corrected chi connectivity index (χ3v) is 5.59. The molecule has 0 radical (unpaired) electrons. The van der Waals surface area contributed by atoms with E-state index in [0.717, 1.165) is 28.6 Å². The molecule has 0 atom stereocenters. The number of carbonyl (C=O) groups excluding carboxylic acids is 1. The van der Waals surface area contributed by atoms with E-state index in [1.165, 1.54) is 11.1 Å². The first-order chi connectivity index (χ1) is 15.4. The minimum absolute atomic E-state index is 0.102. The first kappa shape index (κ1) is 21.6. The van der Waals surface area contributed by atoms with Gasteiger partial charge in [-0.1, -0.05) is 93.6 Å². The van der Waals surface area contributed by atoms with Crippen molar-refractivity contribution in [1.29, 1.82) is 0 Å². The lowest BCUT2D eigenvalue weighted by Crippen LogP contribution is -2.20. The first-order valence-corrected chi connectivity index (χ1v) is 10.9. The van der Waals surface area contributed by atoms with Crippen molar-refractivity contribution in [2.24, 2.45) is 5.10 Å². The van der Waals surface area contributed by atoms with Gasteiger partial charge in [-0.2, -0.15) is 5.10 Å². The quantitative estimate of drug-likeness (QED) is 0.315. The number of hydrogen-bond acceptors (Lipinski definition) is 2. The predicted octanol–water partition coefficient (Wildman–Crippen LogP) is 5.68. The molecule has 0 unspecified atom stereocenters. The number of hydrogen-bond donors (Lipinski definition) is 1. The molecule has 0 bridgehead atoms. The Morgan fingerprint density at radius 2 is 1.59 bits per heavy atom. The molecule has 1 aromatic heterocycles. The number of para-hydroxylation sites is 1. The van der Waals surface area contributed by atoms with Gasteiger partial charge >= 0.3 is 0 Å². The third kappa shape index (κ3) is 5.14. The molecule has 3 aromatic carbocycles. The van der Waals surface area contributed by atoms with Gasteiger partial charge in [0.15, 0.2) is 0 Å². The Morgan fingerprint density at radius 1 is 0.906 bits per heavy atom. The fourth-order valence-electron chi connectivity index (χ4n) is 3.81. The molecule has 0 saturated carbocycles. The van der Waals surface area contributed by atoms with Crippen LogP contribution in [0.2, 0.25) is 0 Å². The predicted molar refractivity (Wildman–Crippen MR) is 132 cm³/mol. The van der Waals surface area contributed by atoms with Gasteiger partial charge in [-0.15, -0.1) is 0 Å². The summed E-state index contributed by atoms with van der Waals surface area (Å²) in [5.41, 5.74) is 8.36. The minimum Gasteiger partial charge on any atom is -0.342 e. The molecular weight excluding hydrogens is 394 g/mol. The van der Waals surface area contributed by atoms with Gasteiger partial charge in [-0.25, -0.2) is 5.43 Å². The molecule has 1 heterocycles. The van der Waals surface area contributed by atoms with E-state index in [0.29, 0.717) is 6.42 Å². The van der Waals surface area contributed by atoms with Crippen LogP contribution in [0, 0.1) is 0 Å². The van der Waals surface area contributed by atoms with Crippen LogP contribution in [-0.4, -0.2) is 16.7 Å². The molecule has 4 nitrogen and oxygen atoms in total. The second-order valence-corrected chi connectivity index (χ2v) is 9.13. The van der Waals surface area contributed by atoms with E-state index < -0.39 is 0 Å². The number of amides is 1. The molecule has 162 valence electrons. The van der Waals surface area contributed by atoms with E-state index in [9.17, 15) is 4.79 Å². The standard InChI is InChI=1S/C28H29N3O/c1-28(2,3)24-15-13-21(14-16-24)17-27(32)30-29-18-23-20-31(19-22-9-5-4-6-10-22)26-12-8-7-11-25(23)26/h4-16,18,20H,17,19H2,1-3H3,(H,30,32)/b29-18-. The highest BCUT2D eigenvalue weighted by Gasteiger charge is 2.13. The maximum absolute atomic E-state index is 12.4. The van der Waals surface area contributed by atoms with Crippen LogP contribution >= 0.6 is 0 Å². The van der Waals surface area contributed by atoms with Crippen LogP contribution in [0.3, 0.4) is 0 Å². The number of hydrazone groups is 1. The van der Waals surface area contributed by atoms with Crippen molar-refractivity contribution < 1.29 is 4.79 Å². The fourth-order valence-corrected chi connectivity index (χ4v) is 3.81. The SMILES string of the molecule is CC(C)(C)c1ccc(CC(=O)N/N=C\c2cn(Cc3ccccc3)c3ccccc23)cc1. The summed E-state index contributed by atoms with van der Waals surface area (Å²) in [6.45, 7) is 7.33. The number of aromatic nitrogens is 1. The Balaban J connectivity index is 1.44. The van der Waals surface area contributed by atoms with Crippen LogP contribution in [0.15, 0.2) is 90.2 Å². The molecule has 4 aromatic rings. The zero-order chi connectivity index (χ0) is 22.6. The Bertz CT molecular complexity index is 1230. The molecular formula is C28H29N3O. The van der Waals surface area contributed by atoms with E-state index in [1.54, 1.807) is 6.21 Å². The van der Waals surface area contributed by atoms with Crippen LogP contribution < -0.4 is 5.43 Å². The summed E-state index contributed by atoms with van der Waals surface area (Å²) < 4.78 is 2.21. The Hall–Kier alpha value is -3.66. The maximum atomic E-state index is 12.4. The lowest BCUT2D eigenvalue weighted by atomic mass is 9.86. The van der Waals surface area contributed by atoms with Crippen molar-refractivity contribution in [2.45, 2.75) is 39.2 Å². The smallest absolute Gasteiger partial charge is 0.244 e. The van der Waals surface area contributed by atoms with Crippen LogP contribution in [0.25, 0.3) is 10.9 Å². The van der Waals surface area contributed by atoms with E-state index in [2.05, 4.69) is 90.6 Å². The molecule has 0 aliphatic carbocycles. The summed E-state index contributed by atoms with van der Waals surface area (Å²) in [6.07, 6.45) is 4.11. The summed E-state index contributed by atoms with van der Waals surface area (Å²) >= 11 is 0. The fraction of sp³-hybridized carbons (Fsp3) is 0.214. The summed E-state index contributed by atoms with van der Waals surface area (Å²) in [7, 11) is 0. The van der Waals surface area contributed by atoms with E-state index in [1.807, 2.05) is 30.3 Å². The van der Waals surface area contributed by atoms with Gasteiger partial charge in [0, 0.05) is 29.2 Å². The minimum atomic E-state index is -0.127. The van der Waals surface area contributed by atoms with Gasteiger partial charge in [0.05, 0.1) is 12.6 Å². The highest BCUT2D eigenvalue weighted by atomic mass is 16.2. The Morgan fingerprint density at radius 3 is 2.31 bits per heavy atom. The zero-order valence-electron chi connectivity index (χ0n) is 18.9. The highest BCUT2D eigenvalue weighted by molar-refractivity contribution is 5.99. The summed E-state index contributed by atoms with van der Waals surface area (Å²) in [6, 6.07) is 26.8. The van der Waals surface area contributed by atoms with Gasteiger partial charge in [0.2, 0.25) is 5.91 Å². The molecule has 0 spiro atoms. The van der Waals surface area contributed by atoms with Crippen molar-refractivity contribution in [3.63, 3.8) is 0 Å². The van der Waals surface area contributed by atoms with Gasteiger partial charge in [0.25, 0.3) is 0 Å². The van der Waals surface area contributed by atoms with Crippen molar-refractivity contribution in [2.75, 3.05) is 0 Å². The molecule has 0 fully saturated rings. The number of benzene rings is 3. The van der Waals surface area contributed by atoms with Crippen molar-refractivity contribution >= 4 is 23.0 Å². The molecule has 1 N–H and O–H groups in total. The molecule has 32 heavy (non-hydrogen) atoms. The normalized spacial score (nSPS) is 11.8. The van der Waals surface area contributed by atoms with Crippen molar-refractivity contribution in [1.82, 2.24) is 9.99 Å².